The second-order valence-electron chi connectivity index (χ2n) is 3.65. The van der Waals surface area contributed by atoms with Crippen LogP contribution in [-0.2, 0) is 0 Å². The first-order valence-electron chi connectivity index (χ1n) is 5.51. The third-order valence-electron chi connectivity index (χ3n) is 2.45. The second-order valence-corrected chi connectivity index (χ2v) is 3.65. The van der Waals surface area contributed by atoms with E-state index in [-0.39, 0.29) is 0 Å². The predicted octanol–water partition coefficient (Wildman–Crippen LogP) is 4.00. The number of hydrogen-bond acceptors (Lipinski definition) is 2. The monoisotopic (exact) mass is 204 g/mol. The van der Waals surface area contributed by atoms with Gasteiger partial charge in [0.1, 0.15) is 0 Å². The number of unbranched alkanes of at least 4 members (excludes halogenated alkanes) is 2. The van der Waals surface area contributed by atoms with Gasteiger partial charge in [0.25, 0.3) is 0 Å². The fourth-order valence-corrected chi connectivity index (χ4v) is 1.61. The summed E-state index contributed by atoms with van der Waals surface area (Å²) in [7, 11) is 0. The fourth-order valence-electron chi connectivity index (χ4n) is 1.61. The van der Waals surface area contributed by atoms with E-state index in [1.54, 1.807) is 6.26 Å². The molecule has 0 N–H and O–H groups in total. The summed E-state index contributed by atoms with van der Waals surface area (Å²) in [6.45, 7) is 2.96. The van der Waals surface area contributed by atoms with E-state index in [4.69, 9.17) is 9.15 Å². The van der Waals surface area contributed by atoms with Crippen molar-refractivity contribution in [1.29, 1.82) is 0 Å². The number of fused-ring (bicyclic) bond motifs is 1. The topological polar surface area (TPSA) is 22.4 Å². The summed E-state index contributed by atoms with van der Waals surface area (Å²) in [5, 5.41) is 1.10. The molecule has 0 amide bonds. The van der Waals surface area contributed by atoms with Crippen LogP contribution in [0.3, 0.4) is 0 Å². The minimum atomic E-state index is 0.771. The molecule has 0 aliphatic heterocycles. The largest absolute Gasteiger partial charge is 0.490 e. The Morgan fingerprint density at radius 3 is 3.00 bits per heavy atom. The Balaban J connectivity index is 2.04. The number of para-hydroxylation sites is 1. The molecule has 0 radical (unpaired) electrons. The summed E-state index contributed by atoms with van der Waals surface area (Å²) in [5.74, 6) is 0.855. The van der Waals surface area contributed by atoms with Crippen LogP contribution < -0.4 is 4.74 Å². The van der Waals surface area contributed by atoms with Crippen LogP contribution in [0.15, 0.2) is 34.9 Å². The van der Waals surface area contributed by atoms with Crippen molar-refractivity contribution < 1.29 is 9.15 Å². The smallest absolute Gasteiger partial charge is 0.175 e. The van der Waals surface area contributed by atoms with E-state index < -0.39 is 0 Å². The Labute approximate surface area is 89.8 Å². The summed E-state index contributed by atoms with van der Waals surface area (Å²) in [4.78, 5) is 0. The van der Waals surface area contributed by atoms with Crippen molar-refractivity contribution in [2.45, 2.75) is 26.2 Å². The number of benzene rings is 1. The van der Waals surface area contributed by atoms with Crippen molar-refractivity contribution in [3.63, 3.8) is 0 Å². The minimum Gasteiger partial charge on any atom is -0.490 e. The molecule has 1 aromatic heterocycles. The minimum absolute atomic E-state index is 0.771. The van der Waals surface area contributed by atoms with Crippen LogP contribution in [0.5, 0.6) is 5.75 Å². The third-order valence-corrected chi connectivity index (χ3v) is 2.45. The van der Waals surface area contributed by atoms with Gasteiger partial charge in [-0.3, -0.25) is 0 Å². The van der Waals surface area contributed by atoms with E-state index in [1.165, 1.54) is 12.8 Å². The molecule has 15 heavy (non-hydrogen) atoms. The lowest BCUT2D eigenvalue weighted by molar-refractivity contribution is 0.305. The van der Waals surface area contributed by atoms with Crippen LogP contribution in [0.1, 0.15) is 26.2 Å². The molecule has 0 unspecified atom stereocenters. The Morgan fingerprint density at radius 1 is 1.20 bits per heavy atom. The molecule has 2 nitrogen and oxygen atoms in total. The Kier molecular flexibility index (Phi) is 3.28. The molecule has 0 spiro atoms. The van der Waals surface area contributed by atoms with Crippen molar-refractivity contribution in [2.75, 3.05) is 6.61 Å². The van der Waals surface area contributed by atoms with Crippen molar-refractivity contribution in [2.24, 2.45) is 0 Å². The number of furan rings is 1. The van der Waals surface area contributed by atoms with Gasteiger partial charge < -0.3 is 9.15 Å². The highest BCUT2D eigenvalue weighted by Crippen LogP contribution is 2.26. The molecule has 80 valence electrons. The van der Waals surface area contributed by atoms with E-state index in [9.17, 15) is 0 Å². The van der Waals surface area contributed by atoms with Gasteiger partial charge in [-0.2, -0.15) is 0 Å². The standard InChI is InChI=1S/C13H16O2/c1-2-3-4-9-14-12-7-5-6-11-8-10-15-13(11)12/h5-8,10H,2-4,9H2,1H3. The van der Waals surface area contributed by atoms with E-state index in [0.717, 1.165) is 29.7 Å². The van der Waals surface area contributed by atoms with Gasteiger partial charge in [-0.05, 0) is 18.6 Å². The molecule has 0 aliphatic carbocycles. The highest BCUT2D eigenvalue weighted by molar-refractivity contribution is 5.82. The van der Waals surface area contributed by atoms with Gasteiger partial charge in [-0.25, -0.2) is 0 Å². The molecular formula is C13H16O2. The Hall–Kier alpha value is -1.44. The maximum absolute atomic E-state index is 5.69. The quantitative estimate of drug-likeness (QED) is 0.687. The van der Waals surface area contributed by atoms with Gasteiger partial charge in [0.05, 0.1) is 12.9 Å². The van der Waals surface area contributed by atoms with Crippen LogP contribution in [0.2, 0.25) is 0 Å². The average Bonchev–Trinajstić information content (AvgIpc) is 2.73. The van der Waals surface area contributed by atoms with Gasteiger partial charge >= 0.3 is 0 Å². The molecule has 1 aromatic carbocycles. The van der Waals surface area contributed by atoms with E-state index >= 15 is 0 Å². The molecule has 0 fully saturated rings. The van der Waals surface area contributed by atoms with Crippen molar-refractivity contribution >= 4 is 11.0 Å². The van der Waals surface area contributed by atoms with E-state index in [0.29, 0.717) is 0 Å². The maximum atomic E-state index is 5.69. The van der Waals surface area contributed by atoms with Crippen molar-refractivity contribution in [1.82, 2.24) is 0 Å². The molecule has 2 rings (SSSR count). The highest BCUT2D eigenvalue weighted by Gasteiger charge is 2.03. The predicted molar refractivity (Wildman–Crippen MR) is 61.2 cm³/mol. The van der Waals surface area contributed by atoms with Crippen LogP contribution in [0.4, 0.5) is 0 Å². The van der Waals surface area contributed by atoms with Gasteiger partial charge in [0.15, 0.2) is 11.3 Å². The fraction of sp³-hybridized carbons (Fsp3) is 0.385. The first-order valence-corrected chi connectivity index (χ1v) is 5.51. The molecule has 2 aromatic rings. The lowest BCUT2D eigenvalue weighted by atomic mass is 10.2. The zero-order valence-electron chi connectivity index (χ0n) is 9.03. The first-order chi connectivity index (χ1) is 7.42. The number of hydrogen-bond donors (Lipinski definition) is 0. The SMILES string of the molecule is CCCCCOc1cccc2ccoc12. The molecule has 0 aliphatic rings. The molecule has 0 bridgehead atoms. The zero-order chi connectivity index (χ0) is 10.5. The average molecular weight is 204 g/mol. The summed E-state index contributed by atoms with van der Waals surface area (Å²) >= 11 is 0. The van der Waals surface area contributed by atoms with Crippen LogP contribution in [0.25, 0.3) is 11.0 Å². The molecular weight excluding hydrogens is 188 g/mol. The summed E-state index contributed by atoms with van der Waals surface area (Å²) < 4.78 is 11.1. The molecule has 0 saturated carbocycles. The van der Waals surface area contributed by atoms with Crippen LogP contribution in [0, 0.1) is 0 Å². The lowest BCUT2D eigenvalue weighted by Crippen LogP contribution is -1.96. The highest BCUT2D eigenvalue weighted by atomic mass is 16.5. The van der Waals surface area contributed by atoms with Gasteiger partial charge in [-0.15, -0.1) is 0 Å². The molecule has 1 heterocycles. The first kappa shape index (κ1) is 10.1. The van der Waals surface area contributed by atoms with Gasteiger partial charge in [0.2, 0.25) is 0 Å². The summed E-state index contributed by atoms with van der Waals surface area (Å²) in [5.41, 5.74) is 0.856. The Morgan fingerprint density at radius 2 is 2.13 bits per heavy atom. The lowest BCUT2D eigenvalue weighted by Gasteiger charge is -2.05. The molecule has 0 saturated heterocycles. The molecule has 2 heteroatoms. The van der Waals surface area contributed by atoms with Gasteiger partial charge in [-0.1, -0.05) is 31.9 Å². The second kappa shape index (κ2) is 4.87. The third kappa shape index (κ3) is 2.32. The van der Waals surface area contributed by atoms with Crippen molar-refractivity contribution in [3.05, 3.63) is 30.5 Å². The van der Waals surface area contributed by atoms with Crippen LogP contribution in [-0.4, -0.2) is 6.61 Å². The van der Waals surface area contributed by atoms with Gasteiger partial charge in [0, 0.05) is 5.39 Å². The summed E-state index contributed by atoms with van der Waals surface area (Å²) in [6, 6.07) is 7.93. The number of rotatable bonds is 5. The van der Waals surface area contributed by atoms with E-state index in [1.807, 2.05) is 24.3 Å². The van der Waals surface area contributed by atoms with E-state index in [2.05, 4.69) is 6.92 Å². The number of ether oxygens (including phenoxy) is 1. The Bertz CT molecular complexity index is 417. The van der Waals surface area contributed by atoms with Crippen molar-refractivity contribution in [3.8, 4) is 5.75 Å². The molecule has 0 atom stereocenters. The zero-order valence-corrected chi connectivity index (χ0v) is 9.03. The normalized spacial score (nSPS) is 10.7. The maximum Gasteiger partial charge on any atom is 0.175 e. The summed E-state index contributed by atoms with van der Waals surface area (Å²) in [6.07, 6.45) is 5.24. The van der Waals surface area contributed by atoms with Crippen LogP contribution >= 0.6 is 0 Å².